The van der Waals surface area contributed by atoms with Crippen LogP contribution in [0, 0.1) is 23.2 Å². The van der Waals surface area contributed by atoms with E-state index in [-0.39, 0.29) is 11.8 Å². The molecule has 1 amide bonds. The van der Waals surface area contributed by atoms with Crippen LogP contribution in [0.25, 0.3) is 0 Å². The van der Waals surface area contributed by atoms with Gasteiger partial charge in [0, 0.05) is 43.5 Å². The topological polar surface area (TPSA) is 68.8 Å². The van der Waals surface area contributed by atoms with Crippen LogP contribution in [0.3, 0.4) is 0 Å². The lowest BCUT2D eigenvalue weighted by molar-refractivity contribution is -0.108. The average molecular weight is 516 g/mol. The number of carbonyl (C=O) groups is 1. The number of amides is 1. The average Bonchev–Trinajstić information content (AvgIpc) is 2.92. The summed E-state index contributed by atoms with van der Waals surface area (Å²) in [6.45, 7) is 15.1. The highest BCUT2D eigenvalue weighted by molar-refractivity contribution is 5.96. The van der Waals surface area contributed by atoms with Crippen LogP contribution in [-0.4, -0.2) is 55.0 Å². The zero-order chi connectivity index (χ0) is 26.9. The monoisotopic (exact) mass is 515 g/mol. The number of fused-ring (bicyclic) bond motifs is 2. The largest absolute Gasteiger partial charge is 0.351 e. The number of rotatable bonds is 6. The molecule has 2 aromatic rings. The van der Waals surface area contributed by atoms with E-state index in [0.29, 0.717) is 35.5 Å². The van der Waals surface area contributed by atoms with E-state index in [1.807, 2.05) is 42.5 Å². The molecule has 6 rings (SSSR count). The fourth-order valence-corrected chi connectivity index (χ4v) is 6.85. The number of anilines is 1. The van der Waals surface area contributed by atoms with Gasteiger partial charge in [-0.05, 0) is 78.7 Å². The Balaban J connectivity index is 1.26. The zero-order valence-corrected chi connectivity index (χ0v) is 23.7. The SMILES string of the molecule is C[C@H]1[C@H](N=C(Nc2ccc(C(=O)NC[C@@H](C)c3ccccc3)cc2)N2CCN[C@@H](C)C2)C[C@@H]2C[C@@H]1C2(C)C. The molecule has 6 heteroatoms. The van der Waals surface area contributed by atoms with E-state index in [4.69, 9.17) is 4.99 Å². The molecule has 1 saturated heterocycles. The highest BCUT2D eigenvalue weighted by atomic mass is 16.1. The predicted molar refractivity (Wildman–Crippen MR) is 157 cm³/mol. The second kappa shape index (κ2) is 11.1. The number of nitrogens with one attached hydrogen (secondary N) is 3. The molecule has 3 aliphatic carbocycles. The summed E-state index contributed by atoms with van der Waals surface area (Å²) >= 11 is 0. The van der Waals surface area contributed by atoms with Crippen molar-refractivity contribution in [3.05, 3.63) is 65.7 Å². The molecule has 38 heavy (non-hydrogen) atoms. The van der Waals surface area contributed by atoms with Crippen LogP contribution in [0.1, 0.15) is 69.3 Å². The number of guanidine groups is 1. The molecule has 6 nitrogen and oxygen atoms in total. The maximum atomic E-state index is 12.8. The maximum absolute atomic E-state index is 12.8. The van der Waals surface area contributed by atoms with Gasteiger partial charge in [-0.2, -0.15) is 0 Å². The van der Waals surface area contributed by atoms with Crippen molar-refractivity contribution in [3.8, 4) is 0 Å². The Hall–Kier alpha value is -2.86. The Bertz CT molecular complexity index is 1130. The van der Waals surface area contributed by atoms with Crippen LogP contribution in [0.5, 0.6) is 0 Å². The van der Waals surface area contributed by atoms with Gasteiger partial charge in [-0.25, -0.2) is 4.99 Å². The first kappa shape index (κ1) is 26.7. The van der Waals surface area contributed by atoms with Gasteiger partial charge >= 0.3 is 0 Å². The highest BCUT2D eigenvalue weighted by Crippen LogP contribution is 2.61. The van der Waals surface area contributed by atoms with E-state index < -0.39 is 0 Å². The van der Waals surface area contributed by atoms with Crippen molar-refractivity contribution in [2.24, 2.45) is 28.2 Å². The van der Waals surface area contributed by atoms with Crippen molar-refractivity contribution >= 4 is 17.6 Å². The quantitative estimate of drug-likeness (QED) is 0.358. The first-order chi connectivity index (χ1) is 18.2. The third kappa shape index (κ3) is 5.61. The van der Waals surface area contributed by atoms with Gasteiger partial charge in [0.1, 0.15) is 0 Å². The summed E-state index contributed by atoms with van der Waals surface area (Å²) in [5.41, 5.74) is 3.33. The van der Waals surface area contributed by atoms with Crippen molar-refractivity contribution in [2.45, 2.75) is 65.5 Å². The number of hydrogen-bond donors (Lipinski definition) is 3. The number of piperazine rings is 1. The van der Waals surface area contributed by atoms with Gasteiger partial charge in [-0.3, -0.25) is 4.79 Å². The molecule has 6 atom stereocenters. The fraction of sp³-hybridized carbons (Fsp3) is 0.562. The molecule has 3 N–H and O–H groups in total. The van der Waals surface area contributed by atoms with Crippen LogP contribution >= 0.6 is 0 Å². The van der Waals surface area contributed by atoms with Crippen LogP contribution in [-0.2, 0) is 0 Å². The second-order valence-electron chi connectivity index (χ2n) is 12.5. The summed E-state index contributed by atoms with van der Waals surface area (Å²) in [6.07, 6.45) is 2.54. The van der Waals surface area contributed by atoms with Crippen molar-refractivity contribution in [3.63, 3.8) is 0 Å². The maximum Gasteiger partial charge on any atom is 0.251 e. The Morgan fingerprint density at radius 2 is 1.84 bits per heavy atom. The van der Waals surface area contributed by atoms with Crippen molar-refractivity contribution in [1.82, 2.24) is 15.5 Å². The van der Waals surface area contributed by atoms with Gasteiger partial charge in [0.25, 0.3) is 5.91 Å². The number of nitrogens with zero attached hydrogens (tertiary/aromatic N) is 2. The molecule has 0 aromatic heterocycles. The Labute approximate surface area is 228 Å². The lowest BCUT2D eigenvalue weighted by Gasteiger charge is -2.61. The van der Waals surface area contributed by atoms with Crippen molar-refractivity contribution in [1.29, 1.82) is 0 Å². The third-order valence-corrected chi connectivity index (χ3v) is 9.61. The lowest BCUT2D eigenvalue weighted by Crippen LogP contribution is -2.57. The van der Waals surface area contributed by atoms with Gasteiger partial charge in [-0.1, -0.05) is 58.0 Å². The smallest absolute Gasteiger partial charge is 0.251 e. The van der Waals surface area contributed by atoms with E-state index in [9.17, 15) is 4.79 Å². The minimum Gasteiger partial charge on any atom is -0.351 e. The van der Waals surface area contributed by atoms with Gasteiger partial charge in [0.15, 0.2) is 5.96 Å². The summed E-state index contributed by atoms with van der Waals surface area (Å²) in [5, 5.41) is 10.3. The second-order valence-corrected chi connectivity index (χ2v) is 12.5. The number of benzene rings is 2. The van der Waals surface area contributed by atoms with Crippen LogP contribution in [0.4, 0.5) is 5.69 Å². The van der Waals surface area contributed by atoms with E-state index in [2.05, 4.69) is 67.6 Å². The molecule has 4 fully saturated rings. The summed E-state index contributed by atoms with van der Waals surface area (Å²) in [5.74, 6) is 3.34. The molecule has 1 aliphatic heterocycles. The fourth-order valence-electron chi connectivity index (χ4n) is 6.85. The first-order valence-corrected chi connectivity index (χ1v) is 14.5. The molecule has 204 valence electrons. The Morgan fingerprint density at radius 1 is 1.11 bits per heavy atom. The molecular weight excluding hydrogens is 470 g/mol. The van der Waals surface area contributed by atoms with Crippen LogP contribution < -0.4 is 16.0 Å². The van der Waals surface area contributed by atoms with Crippen molar-refractivity contribution < 1.29 is 4.79 Å². The van der Waals surface area contributed by atoms with Gasteiger partial charge < -0.3 is 20.9 Å². The molecule has 3 saturated carbocycles. The van der Waals surface area contributed by atoms with Gasteiger partial charge in [0.05, 0.1) is 6.04 Å². The normalized spacial score (nSPS) is 29.2. The number of hydrogen-bond acceptors (Lipinski definition) is 3. The molecule has 0 radical (unpaired) electrons. The molecule has 0 spiro atoms. The minimum atomic E-state index is -0.0398. The zero-order valence-electron chi connectivity index (χ0n) is 23.7. The summed E-state index contributed by atoms with van der Waals surface area (Å²) < 4.78 is 0. The first-order valence-electron chi connectivity index (χ1n) is 14.5. The molecular formula is C32H45N5O. The van der Waals surface area contributed by atoms with E-state index in [1.54, 1.807) is 0 Å². The Kier molecular flexibility index (Phi) is 7.80. The standard InChI is InChI=1S/C32H45N5O/c1-21(24-9-7-6-8-10-24)19-34-30(38)25-11-13-27(14-12-25)35-31(37-16-15-33-22(2)20-37)36-29-18-26-17-28(23(29)3)32(26,4)5/h6-14,21-23,26,28-29,33H,15-20H2,1-5H3,(H,34,38)(H,35,36)/t21-,22+,23-,26+,28+,29-/m1/s1. The van der Waals surface area contributed by atoms with E-state index in [0.717, 1.165) is 43.1 Å². The molecule has 2 aromatic carbocycles. The van der Waals surface area contributed by atoms with Crippen LogP contribution in [0.2, 0.25) is 0 Å². The lowest BCUT2D eigenvalue weighted by atomic mass is 9.45. The molecule has 2 bridgehead atoms. The number of carbonyl (C=O) groups excluding carboxylic acids is 1. The number of aliphatic imine (C=N–C) groups is 1. The summed E-state index contributed by atoms with van der Waals surface area (Å²) in [6, 6.07) is 18.9. The molecule has 0 unspecified atom stereocenters. The Morgan fingerprint density at radius 3 is 2.50 bits per heavy atom. The highest BCUT2D eigenvalue weighted by Gasteiger charge is 2.56. The van der Waals surface area contributed by atoms with Crippen molar-refractivity contribution in [2.75, 3.05) is 31.5 Å². The van der Waals surface area contributed by atoms with E-state index >= 15 is 0 Å². The van der Waals surface area contributed by atoms with E-state index in [1.165, 1.54) is 18.4 Å². The summed E-state index contributed by atoms with van der Waals surface area (Å²) in [7, 11) is 0. The summed E-state index contributed by atoms with van der Waals surface area (Å²) in [4.78, 5) is 20.6. The van der Waals surface area contributed by atoms with Gasteiger partial charge in [0.2, 0.25) is 0 Å². The molecule has 1 heterocycles. The third-order valence-electron chi connectivity index (χ3n) is 9.61. The van der Waals surface area contributed by atoms with Crippen LogP contribution in [0.15, 0.2) is 59.6 Å². The molecule has 4 aliphatic rings. The predicted octanol–water partition coefficient (Wildman–Crippen LogP) is 5.35. The van der Waals surface area contributed by atoms with Gasteiger partial charge in [-0.15, -0.1) is 0 Å². The minimum absolute atomic E-state index is 0.0398.